The third-order valence-electron chi connectivity index (χ3n) is 5.46. The second kappa shape index (κ2) is 8.82. The fourth-order valence-electron chi connectivity index (χ4n) is 3.92. The Bertz CT molecular complexity index is 1340. The number of aromatic nitrogens is 1. The minimum Gasteiger partial charge on any atom is -0.493 e. The number of esters is 1. The van der Waals surface area contributed by atoms with Crippen LogP contribution >= 0.6 is 0 Å². The molecule has 9 heteroatoms. The molecule has 2 aromatic carbocycles. The average Bonchev–Trinajstić information content (AvgIpc) is 3.04. The maximum absolute atomic E-state index is 13.6. The monoisotopic (exact) mass is 470 g/mol. The second-order valence-electron chi connectivity index (χ2n) is 7.90. The number of hydrogen-bond donors (Lipinski definition) is 1. The van der Waals surface area contributed by atoms with Crippen LogP contribution in [0.15, 0.2) is 53.6 Å². The largest absolute Gasteiger partial charge is 0.493 e. The van der Waals surface area contributed by atoms with Gasteiger partial charge in [0, 0.05) is 29.7 Å². The molecule has 1 N–H and O–H groups in total. The van der Waals surface area contributed by atoms with Crippen LogP contribution in [0.25, 0.3) is 16.5 Å². The fraction of sp³-hybridized carbons (Fsp3) is 0.292. The van der Waals surface area contributed by atoms with Gasteiger partial charge in [-0.25, -0.2) is 13.2 Å². The summed E-state index contributed by atoms with van der Waals surface area (Å²) in [5.41, 5.74) is 2.49. The molecule has 1 aliphatic heterocycles. The standard InChI is InChI=1S/C24H26N2O6S/c1-15(2)32-24(27)19-14-26(12-11-18-17-7-5-6-8-20(17)25-23(18)19)33(28,29)16-9-10-21(30-3)22(13-16)31-4/h5-10,13-15,25H,11-12H2,1-4H3. The molecule has 0 aliphatic carbocycles. The van der Waals surface area contributed by atoms with Gasteiger partial charge in [-0.05, 0) is 44.0 Å². The van der Waals surface area contributed by atoms with Gasteiger partial charge in [-0.15, -0.1) is 0 Å². The molecule has 0 saturated carbocycles. The Kier molecular flexibility index (Phi) is 6.07. The number of hydrogen-bond acceptors (Lipinski definition) is 6. The van der Waals surface area contributed by atoms with Crippen LogP contribution in [0.2, 0.25) is 0 Å². The minimum atomic E-state index is -3.99. The van der Waals surface area contributed by atoms with E-state index in [9.17, 15) is 13.2 Å². The first-order chi connectivity index (χ1) is 15.8. The van der Waals surface area contributed by atoms with Crippen molar-refractivity contribution in [2.75, 3.05) is 20.8 Å². The molecular weight excluding hydrogens is 444 g/mol. The summed E-state index contributed by atoms with van der Waals surface area (Å²) in [4.78, 5) is 16.3. The zero-order valence-corrected chi connectivity index (χ0v) is 19.7. The number of nitrogens with one attached hydrogen (secondary N) is 1. The van der Waals surface area contributed by atoms with Crippen molar-refractivity contribution in [3.05, 3.63) is 59.9 Å². The topological polar surface area (TPSA) is 97.9 Å². The van der Waals surface area contributed by atoms with Gasteiger partial charge in [0.05, 0.1) is 30.9 Å². The Hall–Kier alpha value is -3.46. The van der Waals surface area contributed by atoms with E-state index in [1.54, 1.807) is 13.8 Å². The molecule has 0 saturated heterocycles. The molecule has 0 fully saturated rings. The third-order valence-corrected chi connectivity index (χ3v) is 7.22. The van der Waals surface area contributed by atoms with Gasteiger partial charge < -0.3 is 19.2 Å². The van der Waals surface area contributed by atoms with Crippen LogP contribution in [-0.4, -0.2) is 50.5 Å². The molecule has 0 radical (unpaired) electrons. The van der Waals surface area contributed by atoms with Crippen molar-refractivity contribution in [2.24, 2.45) is 0 Å². The number of H-pyrrole nitrogens is 1. The second-order valence-corrected chi connectivity index (χ2v) is 9.79. The van der Waals surface area contributed by atoms with Crippen molar-refractivity contribution in [1.82, 2.24) is 9.29 Å². The normalized spacial score (nSPS) is 14.0. The number of para-hydroxylation sites is 1. The molecular formula is C24H26N2O6S. The first-order valence-electron chi connectivity index (χ1n) is 10.5. The number of fused-ring (bicyclic) bond motifs is 3. The van der Waals surface area contributed by atoms with E-state index in [0.29, 0.717) is 23.6 Å². The lowest BCUT2D eigenvalue weighted by Gasteiger charge is -2.21. The predicted molar refractivity (Wildman–Crippen MR) is 125 cm³/mol. The van der Waals surface area contributed by atoms with Crippen LogP contribution < -0.4 is 9.47 Å². The molecule has 1 aliphatic rings. The molecule has 0 bridgehead atoms. The Morgan fingerprint density at radius 3 is 2.48 bits per heavy atom. The Morgan fingerprint density at radius 2 is 1.79 bits per heavy atom. The molecule has 3 aromatic rings. The summed E-state index contributed by atoms with van der Waals surface area (Å²) in [6.45, 7) is 3.66. The van der Waals surface area contributed by atoms with Crippen LogP contribution in [0, 0.1) is 0 Å². The summed E-state index contributed by atoms with van der Waals surface area (Å²) in [6, 6.07) is 12.1. The van der Waals surface area contributed by atoms with E-state index in [1.807, 2.05) is 24.3 Å². The van der Waals surface area contributed by atoms with Crippen molar-refractivity contribution in [3.8, 4) is 11.5 Å². The molecule has 0 amide bonds. The van der Waals surface area contributed by atoms with Crippen molar-refractivity contribution in [2.45, 2.75) is 31.3 Å². The highest BCUT2D eigenvalue weighted by atomic mass is 32.2. The summed E-state index contributed by atoms with van der Waals surface area (Å²) in [5.74, 6) is 0.130. The van der Waals surface area contributed by atoms with Gasteiger partial charge in [-0.2, -0.15) is 0 Å². The molecule has 2 heterocycles. The number of benzene rings is 2. The first kappa shape index (κ1) is 22.7. The number of methoxy groups -OCH3 is 2. The number of aromatic amines is 1. The van der Waals surface area contributed by atoms with Crippen LogP contribution in [0.5, 0.6) is 11.5 Å². The predicted octanol–water partition coefficient (Wildman–Crippen LogP) is 3.72. The van der Waals surface area contributed by atoms with Gasteiger partial charge in [0.25, 0.3) is 10.0 Å². The Labute approximate surface area is 192 Å². The van der Waals surface area contributed by atoms with Crippen molar-refractivity contribution >= 4 is 32.5 Å². The lowest BCUT2D eigenvalue weighted by molar-refractivity contribution is -0.140. The van der Waals surface area contributed by atoms with E-state index in [1.165, 1.54) is 42.9 Å². The number of ether oxygens (including phenoxy) is 3. The van der Waals surface area contributed by atoms with Crippen LogP contribution in [0.4, 0.5) is 0 Å². The quantitative estimate of drug-likeness (QED) is 0.552. The summed E-state index contributed by atoms with van der Waals surface area (Å²) < 4.78 is 44.2. The first-order valence-corrected chi connectivity index (χ1v) is 12.0. The third kappa shape index (κ3) is 4.16. The lowest BCUT2D eigenvalue weighted by Crippen LogP contribution is -2.28. The maximum atomic E-state index is 13.6. The summed E-state index contributed by atoms with van der Waals surface area (Å²) >= 11 is 0. The highest BCUT2D eigenvalue weighted by Gasteiger charge is 2.31. The van der Waals surface area contributed by atoms with Crippen molar-refractivity contribution < 1.29 is 27.4 Å². The van der Waals surface area contributed by atoms with Gasteiger partial charge >= 0.3 is 5.97 Å². The van der Waals surface area contributed by atoms with Crippen LogP contribution in [0.1, 0.15) is 25.1 Å². The fourth-order valence-corrected chi connectivity index (χ4v) is 5.26. The number of nitrogens with zero attached hydrogens (tertiary/aromatic N) is 1. The zero-order valence-electron chi connectivity index (χ0n) is 18.9. The molecule has 1 aromatic heterocycles. The minimum absolute atomic E-state index is 0.0309. The van der Waals surface area contributed by atoms with Gasteiger partial charge in [0.1, 0.15) is 5.57 Å². The van der Waals surface area contributed by atoms with Crippen molar-refractivity contribution in [3.63, 3.8) is 0 Å². The summed E-state index contributed by atoms with van der Waals surface area (Å²) in [6.07, 6.45) is 1.42. The molecule has 0 unspecified atom stereocenters. The molecule has 0 spiro atoms. The van der Waals surface area contributed by atoms with Gasteiger partial charge in [-0.1, -0.05) is 18.2 Å². The number of rotatable bonds is 6. The molecule has 174 valence electrons. The maximum Gasteiger partial charge on any atom is 0.342 e. The van der Waals surface area contributed by atoms with E-state index in [0.717, 1.165) is 16.5 Å². The van der Waals surface area contributed by atoms with E-state index >= 15 is 0 Å². The average molecular weight is 471 g/mol. The van der Waals surface area contributed by atoms with Crippen molar-refractivity contribution in [1.29, 1.82) is 0 Å². The van der Waals surface area contributed by atoms with E-state index in [2.05, 4.69) is 4.98 Å². The van der Waals surface area contributed by atoms with Crippen LogP contribution in [0.3, 0.4) is 0 Å². The zero-order chi connectivity index (χ0) is 23.8. The number of sulfonamides is 1. The highest BCUT2D eigenvalue weighted by molar-refractivity contribution is 7.89. The van der Waals surface area contributed by atoms with Crippen LogP contribution in [-0.2, 0) is 26.0 Å². The van der Waals surface area contributed by atoms with E-state index < -0.39 is 16.0 Å². The van der Waals surface area contributed by atoms with Gasteiger partial charge in [0.15, 0.2) is 11.5 Å². The lowest BCUT2D eigenvalue weighted by atomic mass is 10.0. The molecule has 8 nitrogen and oxygen atoms in total. The number of carbonyl (C=O) groups excluding carboxylic acids is 1. The molecule has 4 rings (SSSR count). The number of carbonyl (C=O) groups is 1. The summed E-state index contributed by atoms with van der Waals surface area (Å²) in [5, 5.41) is 0.945. The van der Waals surface area contributed by atoms with E-state index in [4.69, 9.17) is 14.2 Å². The molecule has 0 atom stereocenters. The highest BCUT2D eigenvalue weighted by Crippen LogP contribution is 2.35. The SMILES string of the molecule is COc1ccc(S(=O)(=O)N2C=C(C(=O)OC(C)C)c3[nH]c4ccccc4c3CC2)cc1OC. The summed E-state index contributed by atoms with van der Waals surface area (Å²) in [7, 11) is -1.06. The Balaban J connectivity index is 1.83. The van der Waals surface area contributed by atoms with Gasteiger partial charge in [0.2, 0.25) is 0 Å². The smallest absolute Gasteiger partial charge is 0.342 e. The Morgan fingerprint density at radius 1 is 1.06 bits per heavy atom. The van der Waals surface area contributed by atoms with E-state index in [-0.39, 0.29) is 23.1 Å². The van der Waals surface area contributed by atoms with Gasteiger partial charge in [-0.3, -0.25) is 4.31 Å². The molecule has 33 heavy (non-hydrogen) atoms.